The lowest BCUT2D eigenvalue weighted by atomic mass is 10.0. The molecule has 0 aliphatic rings. The standard InChI is InChI=1S/C14H10BrClO2.C8H6BrN.H7P5/c1-18-14(17)10-5-6-12(13(16)8-10)9-3-2-4-11(15)7-9;1-6-4-3-5-7(9)8(6)10-2;1-4-5(2)3/h2-8H,1H3;3-5H,1H3;4H,1-3H2. The van der Waals surface area contributed by atoms with E-state index in [-0.39, 0.29) is 6.99 Å². The lowest BCUT2D eigenvalue weighted by Gasteiger charge is -2.07. The van der Waals surface area contributed by atoms with Crippen molar-refractivity contribution in [2.45, 2.75) is 6.92 Å². The van der Waals surface area contributed by atoms with Gasteiger partial charge in [0.25, 0.3) is 0 Å². The Labute approximate surface area is 227 Å². The van der Waals surface area contributed by atoms with Crippen LogP contribution in [0.4, 0.5) is 5.69 Å². The van der Waals surface area contributed by atoms with E-state index in [1.807, 2.05) is 55.5 Å². The van der Waals surface area contributed by atoms with Crippen molar-refractivity contribution in [3.8, 4) is 11.1 Å². The van der Waals surface area contributed by atoms with E-state index in [9.17, 15) is 4.79 Å². The Balaban J connectivity index is 0.000000304. The van der Waals surface area contributed by atoms with Crippen molar-refractivity contribution in [1.82, 2.24) is 0 Å². The summed E-state index contributed by atoms with van der Waals surface area (Å²) >= 11 is 12.9. The number of methoxy groups -OCH3 is 1. The molecule has 3 rings (SSSR count). The Hall–Kier alpha value is 0.0200. The first-order valence-corrected chi connectivity index (χ1v) is 19.4. The number of hydrogen-bond acceptors (Lipinski definition) is 2. The fourth-order valence-corrected chi connectivity index (χ4v) is 3.66. The second kappa shape index (κ2) is 16.6. The second-order valence-electron chi connectivity index (χ2n) is 6.25. The minimum absolute atomic E-state index is 0.226. The van der Waals surface area contributed by atoms with E-state index in [4.69, 9.17) is 18.2 Å². The van der Waals surface area contributed by atoms with Crippen LogP contribution >= 0.6 is 85.2 Å². The van der Waals surface area contributed by atoms with Gasteiger partial charge in [-0.1, -0.05) is 87.8 Å². The van der Waals surface area contributed by atoms with Gasteiger partial charge in [0.2, 0.25) is 5.69 Å². The van der Waals surface area contributed by atoms with E-state index >= 15 is 0 Å². The molecule has 0 N–H and O–H groups in total. The largest absolute Gasteiger partial charge is 0.465 e. The van der Waals surface area contributed by atoms with Gasteiger partial charge in [0, 0.05) is 19.5 Å². The quantitative estimate of drug-likeness (QED) is 0.156. The van der Waals surface area contributed by atoms with Crippen LogP contribution in [-0.2, 0) is 4.74 Å². The van der Waals surface area contributed by atoms with Crippen LogP contribution in [-0.4, -0.2) is 13.1 Å². The van der Waals surface area contributed by atoms with Gasteiger partial charge in [0.05, 0.1) is 19.2 Å². The lowest BCUT2D eigenvalue weighted by molar-refractivity contribution is 0.0601. The lowest BCUT2D eigenvalue weighted by Crippen LogP contribution is -2.00. The smallest absolute Gasteiger partial charge is 0.337 e. The first kappa shape index (κ1) is 31.1. The third-order valence-corrected chi connectivity index (χ3v) is 17.3. The molecule has 33 heavy (non-hydrogen) atoms. The van der Waals surface area contributed by atoms with Crippen molar-refractivity contribution >= 4 is 96.8 Å². The van der Waals surface area contributed by atoms with Crippen LogP contribution in [0.25, 0.3) is 16.0 Å². The molecule has 0 fully saturated rings. The number of halogens is 3. The molecule has 3 aromatic rings. The average Bonchev–Trinajstić information content (AvgIpc) is 2.79. The van der Waals surface area contributed by atoms with E-state index in [2.05, 4.69) is 68.2 Å². The third kappa shape index (κ3) is 11.1. The zero-order valence-corrected chi connectivity index (χ0v) is 27.1. The van der Waals surface area contributed by atoms with E-state index < -0.39 is 5.97 Å². The molecule has 0 aromatic heterocycles. The summed E-state index contributed by atoms with van der Waals surface area (Å²) in [7, 11) is 10.6. The van der Waals surface area contributed by atoms with Crippen molar-refractivity contribution in [1.29, 1.82) is 0 Å². The van der Waals surface area contributed by atoms with Gasteiger partial charge in [0.1, 0.15) is 0 Å². The van der Waals surface area contributed by atoms with Crippen molar-refractivity contribution in [2.75, 3.05) is 7.11 Å². The molecule has 0 aliphatic heterocycles. The van der Waals surface area contributed by atoms with Crippen LogP contribution in [0.5, 0.6) is 0 Å². The number of hydrogen-bond donors (Lipinski definition) is 0. The van der Waals surface area contributed by atoms with Crippen molar-refractivity contribution < 1.29 is 9.53 Å². The molecular formula is C22H23Br2ClNO2P5. The predicted molar refractivity (Wildman–Crippen MR) is 165 cm³/mol. The number of rotatable bonds is 3. The van der Waals surface area contributed by atoms with Gasteiger partial charge in [0.15, 0.2) is 0 Å². The number of aryl methyl sites for hydroxylation is 1. The molecule has 0 heterocycles. The molecule has 0 saturated carbocycles. The number of esters is 1. The molecule has 0 aliphatic carbocycles. The Morgan fingerprint density at radius 1 is 1.12 bits per heavy atom. The van der Waals surface area contributed by atoms with E-state index in [1.165, 1.54) is 7.11 Å². The molecule has 3 aromatic carbocycles. The van der Waals surface area contributed by atoms with Gasteiger partial charge in [-0.25, -0.2) is 9.64 Å². The summed E-state index contributed by atoms with van der Waals surface area (Å²) in [5, 5.41) is 0.524. The maximum atomic E-state index is 11.4. The molecule has 0 spiro atoms. The van der Waals surface area contributed by atoms with E-state index in [0.717, 1.165) is 33.6 Å². The fraction of sp³-hybridized carbons (Fsp3) is 0.0909. The summed E-state index contributed by atoms with van der Waals surface area (Å²) in [5.41, 5.74) is 4.05. The van der Waals surface area contributed by atoms with Crippen molar-refractivity contribution in [3.63, 3.8) is 0 Å². The highest BCUT2D eigenvalue weighted by Crippen LogP contribution is 2.71. The van der Waals surface area contributed by atoms with Gasteiger partial charge < -0.3 is 4.74 Å². The average molecular weight is 684 g/mol. The molecular weight excluding hydrogens is 660 g/mol. The summed E-state index contributed by atoms with van der Waals surface area (Å²) in [6.07, 6.45) is 0. The summed E-state index contributed by atoms with van der Waals surface area (Å²) in [6.45, 7) is 8.97. The summed E-state index contributed by atoms with van der Waals surface area (Å²) in [6, 6.07) is 18.7. The van der Waals surface area contributed by atoms with E-state index in [0.29, 0.717) is 16.3 Å². The number of carbonyl (C=O) groups is 1. The molecule has 0 bridgehead atoms. The fourth-order valence-electron chi connectivity index (χ4n) is 2.41. The number of nitrogens with zero attached hydrogens (tertiary/aromatic N) is 1. The highest BCUT2D eigenvalue weighted by molar-refractivity contribution is 9.10. The number of carbonyl (C=O) groups excluding carboxylic acids is 1. The molecule has 0 radical (unpaired) electrons. The number of ether oxygens (including phenoxy) is 1. The zero-order valence-electron chi connectivity index (χ0n) is 17.9. The topological polar surface area (TPSA) is 30.7 Å². The monoisotopic (exact) mass is 681 g/mol. The third-order valence-electron chi connectivity index (χ3n) is 3.98. The minimum Gasteiger partial charge on any atom is -0.465 e. The first-order valence-electron chi connectivity index (χ1n) is 9.16. The molecule has 0 saturated heterocycles. The Bertz CT molecular complexity index is 1110. The molecule has 4 unspecified atom stereocenters. The maximum Gasteiger partial charge on any atom is 0.337 e. The van der Waals surface area contributed by atoms with Crippen LogP contribution in [0.1, 0.15) is 15.9 Å². The Morgan fingerprint density at radius 2 is 1.76 bits per heavy atom. The minimum atomic E-state index is -0.391. The Morgan fingerprint density at radius 3 is 2.21 bits per heavy atom. The van der Waals surface area contributed by atoms with Crippen LogP contribution < -0.4 is 0 Å². The van der Waals surface area contributed by atoms with Crippen molar-refractivity contribution in [3.05, 3.63) is 97.2 Å². The maximum absolute atomic E-state index is 11.4. The van der Waals surface area contributed by atoms with Crippen LogP contribution in [0.2, 0.25) is 5.02 Å². The normalized spacial score (nSPS) is 10.1. The summed E-state index contributed by atoms with van der Waals surface area (Å²) in [4.78, 5) is 14.8. The molecule has 0 amide bonds. The highest BCUT2D eigenvalue weighted by atomic mass is 79.9. The molecule has 4 atom stereocenters. The SMILES string of the molecule is COC(=O)c1ccc(-c2cccc(Br)c2)c(Cl)c1.PPP(P)P.[C-]#[N+]c1c(C)cccc1Br. The molecule has 11 heteroatoms. The van der Waals surface area contributed by atoms with Gasteiger partial charge in [-0.15, -0.1) is 26.8 Å². The van der Waals surface area contributed by atoms with Gasteiger partial charge >= 0.3 is 5.97 Å². The van der Waals surface area contributed by atoms with Crippen LogP contribution in [0, 0.1) is 13.5 Å². The molecule has 174 valence electrons. The van der Waals surface area contributed by atoms with Crippen molar-refractivity contribution in [2.24, 2.45) is 0 Å². The number of benzene rings is 3. The van der Waals surface area contributed by atoms with Gasteiger partial charge in [-0.3, -0.25) is 0 Å². The first-order chi connectivity index (χ1) is 15.6. The summed E-state index contributed by atoms with van der Waals surface area (Å²) < 4.78 is 6.51. The van der Waals surface area contributed by atoms with E-state index in [1.54, 1.807) is 12.1 Å². The number of para-hydroxylation sites is 1. The van der Waals surface area contributed by atoms with Crippen LogP contribution in [0.15, 0.2) is 69.6 Å². The second-order valence-corrected chi connectivity index (χ2v) is 22.4. The van der Waals surface area contributed by atoms with Gasteiger partial charge in [-0.05, 0) is 49.3 Å². The van der Waals surface area contributed by atoms with Gasteiger partial charge in [-0.2, -0.15) is 0 Å². The summed E-state index contributed by atoms with van der Waals surface area (Å²) in [5.74, 6) is -0.391. The van der Waals surface area contributed by atoms with Crippen LogP contribution in [0.3, 0.4) is 0 Å². The predicted octanol–water partition coefficient (Wildman–Crippen LogP) is 10.3. The highest BCUT2D eigenvalue weighted by Gasteiger charge is 2.10. The zero-order chi connectivity index (χ0) is 25.0. The Kier molecular flexibility index (Phi) is 15.7. The molecule has 3 nitrogen and oxygen atoms in total.